The molecule has 2 aromatic heterocycles. The van der Waals surface area contributed by atoms with Gasteiger partial charge in [-0.05, 0) is 24.3 Å². The third-order valence-electron chi connectivity index (χ3n) is 2.78. The van der Waals surface area contributed by atoms with Crippen molar-refractivity contribution in [3.05, 3.63) is 66.6 Å². The van der Waals surface area contributed by atoms with E-state index >= 15 is 0 Å². The molecule has 3 rings (SSSR count). The predicted molar refractivity (Wildman–Crippen MR) is 73.5 cm³/mol. The highest BCUT2D eigenvalue weighted by atomic mass is 19.1. The largest absolute Gasteiger partial charge is 0.320 e. The van der Waals surface area contributed by atoms with Crippen LogP contribution in [0.2, 0.25) is 0 Å². The normalized spacial score (nSPS) is 10.3. The molecule has 0 aliphatic rings. The Labute approximate surface area is 119 Å². The number of hydrogen-bond acceptors (Lipinski definition) is 4. The van der Waals surface area contributed by atoms with E-state index in [0.29, 0.717) is 11.5 Å². The highest BCUT2D eigenvalue weighted by molar-refractivity contribution is 6.04. The van der Waals surface area contributed by atoms with Gasteiger partial charge in [-0.3, -0.25) is 4.79 Å². The Bertz CT molecular complexity index is 755. The first-order chi connectivity index (χ1) is 10.2. The molecule has 0 atom stereocenters. The van der Waals surface area contributed by atoms with Crippen LogP contribution in [0.25, 0.3) is 5.82 Å². The van der Waals surface area contributed by atoms with Crippen molar-refractivity contribution in [1.82, 2.24) is 19.7 Å². The molecule has 1 amide bonds. The molecule has 0 saturated carbocycles. The SMILES string of the molecule is O=C(Nc1ccc(-n2cncn2)nc1)c1ccccc1F. The first kappa shape index (κ1) is 12.9. The molecule has 0 fully saturated rings. The van der Waals surface area contributed by atoms with E-state index in [9.17, 15) is 9.18 Å². The van der Waals surface area contributed by atoms with Crippen LogP contribution in [-0.4, -0.2) is 25.7 Å². The average Bonchev–Trinajstić information content (AvgIpc) is 3.02. The monoisotopic (exact) mass is 283 g/mol. The minimum absolute atomic E-state index is 0.0159. The molecule has 1 aromatic carbocycles. The molecule has 6 nitrogen and oxygen atoms in total. The van der Waals surface area contributed by atoms with Crippen molar-refractivity contribution in [1.29, 1.82) is 0 Å². The fraction of sp³-hybridized carbons (Fsp3) is 0. The van der Waals surface area contributed by atoms with Crippen LogP contribution >= 0.6 is 0 Å². The van der Waals surface area contributed by atoms with E-state index in [2.05, 4.69) is 20.4 Å². The Balaban J connectivity index is 1.77. The summed E-state index contributed by atoms with van der Waals surface area (Å²) in [5.41, 5.74) is 0.449. The number of amides is 1. The van der Waals surface area contributed by atoms with E-state index < -0.39 is 11.7 Å². The molecule has 2 heterocycles. The van der Waals surface area contributed by atoms with Gasteiger partial charge < -0.3 is 5.32 Å². The predicted octanol–water partition coefficient (Wildman–Crippen LogP) is 2.05. The van der Waals surface area contributed by atoms with E-state index in [0.717, 1.165) is 0 Å². The van der Waals surface area contributed by atoms with Crippen LogP contribution in [0, 0.1) is 5.82 Å². The minimum atomic E-state index is -0.567. The van der Waals surface area contributed by atoms with Crippen LogP contribution in [0.5, 0.6) is 0 Å². The number of carbonyl (C=O) groups is 1. The fourth-order valence-corrected chi connectivity index (χ4v) is 1.77. The van der Waals surface area contributed by atoms with Crippen LogP contribution < -0.4 is 5.32 Å². The Hall–Kier alpha value is -3.09. The molecule has 1 N–H and O–H groups in total. The highest BCUT2D eigenvalue weighted by Crippen LogP contribution is 2.12. The number of halogens is 1. The zero-order chi connectivity index (χ0) is 14.7. The van der Waals surface area contributed by atoms with Gasteiger partial charge in [0.25, 0.3) is 5.91 Å². The van der Waals surface area contributed by atoms with Gasteiger partial charge in [0, 0.05) is 0 Å². The van der Waals surface area contributed by atoms with E-state index in [-0.39, 0.29) is 5.56 Å². The summed E-state index contributed by atoms with van der Waals surface area (Å²) in [6, 6.07) is 9.11. The van der Waals surface area contributed by atoms with Gasteiger partial charge in [-0.1, -0.05) is 12.1 Å². The summed E-state index contributed by atoms with van der Waals surface area (Å²) in [5.74, 6) is -0.526. The lowest BCUT2D eigenvalue weighted by Gasteiger charge is -2.06. The Morgan fingerprint density at radius 2 is 2.05 bits per heavy atom. The fourth-order valence-electron chi connectivity index (χ4n) is 1.77. The van der Waals surface area contributed by atoms with E-state index in [4.69, 9.17) is 0 Å². The van der Waals surface area contributed by atoms with Crippen molar-refractivity contribution in [2.45, 2.75) is 0 Å². The number of nitrogens with zero attached hydrogens (tertiary/aromatic N) is 4. The molecule has 0 radical (unpaired) electrons. The van der Waals surface area contributed by atoms with Crippen molar-refractivity contribution >= 4 is 11.6 Å². The summed E-state index contributed by atoms with van der Waals surface area (Å²) in [7, 11) is 0. The lowest BCUT2D eigenvalue weighted by atomic mass is 10.2. The topological polar surface area (TPSA) is 72.7 Å². The second kappa shape index (κ2) is 5.49. The Morgan fingerprint density at radius 1 is 1.19 bits per heavy atom. The molecular weight excluding hydrogens is 273 g/mol. The molecule has 0 unspecified atom stereocenters. The molecule has 0 aliphatic carbocycles. The Kier molecular flexibility index (Phi) is 3.38. The summed E-state index contributed by atoms with van der Waals surface area (Å²) in [6.45, 7) is 0. The summed E-state index contributed by atoms with van der Waals surface area (Å²) < 4.78 is 15.0. The number of aromatic nitrogens is 4. The number of nitrogens with one attached hydrogen (secondary N) is 1. The van der Waals surface area contributed by atoms with Crippen molar-refractivity contribution < 1.29 is 9.18 Å². The molecular formula is C14H10FN5O. The minimum Gasteiger partial charge on any atom is -0.320 e. The highest BCUT2D eigenvalue weighted by Gasteiger charge is 2.11. The summed E-state index contributed by atoms with van der Waals surface area (Å²) in [4.78, 5) is 19.9. The van der Waals surface area contributed by atoms with Crippen molar-refractivity contribution in [2.75, 3.05) is 5.32 Å². The first-order valence-electron chi connectivity index (χ1n) is 6.11. The molecule has 0 saturated heterocycles. The Morgan fingerprint density at radius 3 is 2.71 bits per heavy atom. The lowest BCUT2D eigenvalue weighted by Crippen LogP contribution is -2.14. The first-order valence-corrected chi connectivity index (χ1v) is 6.11. The number of pyridine rings is 1. The van der Waals surface area contributed by atoms with E-state index in [1.54, 1.807) is 18.2 Å². The van der Waals surface area contributed by atoms with Gasteiger partial charge in [0.05, 0.1) is 17.4 Å². The molecule has 3 aromatic rings. The average molecular weight is 283 g/mol. The van der Waals surface area contributed by atoms with Gasteiger partial charge in [-0.25, -0.2) is 19.0 Å². The van der Waals surface area contributed by atoms with Crippen molar-refractivity contribution in [3.63, 3.8) is 0 Å². The van der Waals surface area contributed by atoms with Gasteiger partial charge in [0.15, 0.2) is 5.82 Å². The van der Waals surface area contributed by atoms with Crippen LogP contribution in [0.1, 0.15) is 10.4 Å². The number of rotatable bonds is 3. The van der Waals surface area contributed by atoms with E-state index in [1.807, 2.05) is 0 Å². The maximum atomic E-state index is 13.5. The van der Waals surface area contributed by atoms with Crippen LogP contribution in [0.3, 0.4) is 0 Å². The second-order valence-corrected chi connectivity index (χ2v) is 4.18. The third-order valence-corrected chi connectivity index (χ3v) is 2.78. The number of anilines is 1. The standard InChI is InChI=1S/C14H10FN5O/c15-12-4-2-1-3-11(12)14(21)19-10-5-6-13(17-7-10)20-9-16-8-18-20/h1-9H,(H,19,21). The maximum Gasteiger partial charge on any atom is 0.258 e. The van der Waals surface area contributed by atoms with Gasteiger partial charge >= 0.3 is 0 Å². The van der Waals surface area contributed by atoms with Gasteiger partial charge in [-0.15, -0.1) is 0 Å². The molecule has 21 heavy (non-hydrogen) atoms. The summed E-state index contributed by atoms with van der Waals surface area (Å²) >= 11 is 0. The lowest BCUT2D eigenvalue weighted by molar-refractivity contribution is 0.102. The molecule has 7 heteroatoms. The molecule has 0 aliphatic heterocycles. The second-order valence-electron chi connectivity index (χ2n) is 4.18. The quantitative estimate of drug-likeness (QED) is 0.798. The van der Waals surface area contributed by atoms with Gasteiger partial charge in [0.2, 0.25) is 0 Å². The summed E-state index contributed by atoms with van der Waals surface area (Å²) in [6.07, 6.45) is 4.38. The summed E-state index contributed by atoms with van der Waals surface area (Å²) in [5, 5.41) is 6.53. The van der Waals surface area contributed by atoms with Crippen LogP contribution in [0.15, 0.2) is 55.2 Å². The molecule has 104 valence electrons. The molecule has 0 bridgehead atoms. The van der Waals surface area contributed by atoms with Crippen LogP contribution in [0.4, 0.5) is 10.1 Å². The van der Waals surface area contributed by atoms with Gasteiger partial charge in [-0.2, -0.15) is 5.10 Å². The van der Waals surface area contributed by atoms with Crippen molar-refractivity contribution in [3.8, 4) is 5.82 Å². The number of carbonyl (C=O) groups excluding carboxylic acids is 1. The van der Waals surface area contributed by atoms with Gasteiger partial charge in [0.1, 0.15) is 18.5 Å². The van der Waals surface area contributed by atoms with Crippen molar-refractivity contribution in [2.24, 2.45) is 0 Å². The zero-order valence-electron chi connectivity index (χ0n) is 10.8. The number of benzene rings is 1. The van der Waals surface area contributed by atoms with Crippen LogP contribution in [-0.2, 0) is 0 Å². The zero-order valence-corrected chi connectivity index (χ0v) is 10.8. The molecule has 0 spiro atoms. The number of hydrogen-bond donors (Lipinski definition) is 1. The smallest absolute Gasteiger partial charge is 0.258 e. The third kappa shape index (κ3) is 2.76. The van der Waals surface area contributed by atoms with E-state index in [1.165, 1.54) is 41.7 Å². The maximum absolute atomic E-state index is 13.5.